The second-order valence-electron chi connectivity index (χ2n) is 5.76. The third-order valence-electron chi connectivity index (χ3n) is 4.12. The summed E-state index contributed by atoms with van der Waals surface area (Å²) < 4.78 is 5.67. The highest BCUT2D eigenvalue weighted by Gasteiger charge is 2.36. The van der Waals surface area contributed by atoms with Crippen molar-refractivity contribution in [3.63, 3.8) is 0 Å². The Bertz CT molecular complexity index is 552. The Kier molecular flexibility index (Phi) is 4.41. The van der Waals surface area contributed by atoms with Crippen LogP contribution in [0.3, 0.4) is 0 Å². The van der Waals surface area contributed by atoms with E-state index in [0.29, 0.717) is 21.7 Å². The minimum atomic E-state index is -0.165. The van der Waals surface area contributed by atoms with Crippen LogP contribution < -0.4 is 5.32 Å². The summed E-state index contributed by atoms with van der Waals surface area (Å²) in [5.74, 6) is -0.165. The summed E-state index contributed by atoms with van der Waals surface area (Å²) in [6, 6.07) is 5.63. The van der Waals surface area contributed by atoms with Gasteiger partial charge in [0.25, 0.3) is 5.91 Å². The van der Waals surface area contributed by atoms with Gasteiger partial charge in [-0.15, -0.1) is 0 Å². The predicted molar refractivity (Wildman–Crippen MR) is 83.1 cm³/mol. The number of fused-ring (bicyclic) bond motifs is 1. The lowest BCUT2D eigenvalue weighted by Gasteiger charge is -2.33. The molecule has 0 aromatic heterocycles. The van der Waals surface area contributed by atoms with Gasteiger partial charge in [-0.1, -0.05) is 29.3 Å². The van der Waals surface area contributed by atoms with E-state index in [1.165, 1.54) is 0 Å². The summed E-state index contributed by atoms with van der Waals surface area (Å²) in [6.07, 6.45) is 1.18. The van der Waals surface area contributed by atoms with Crippen LogP contribution >= 0.6 is 23.2 Å². The highest BCUT2D eigenvalue weighted by Crippen LogP contribution is 2.27. The second kappa shape index (κ2) is 6.13. The zero-order valence-corrected chi connectivity index (χ0v) is 13.3. The van der Waals surface area contributed by atoms with Crippen molar-refractivity contribution in [2.45, 2.75) is 31.5 Å². The monoisotopic (exact) mass is 328 g/mol. The first-order valence-electron chi connectivity index (χ1n) is 7.15. The lowest BCUT2D eigenvalue weighted by atomic mass is 10.1. The Morgan fingerprint density at radius 2 is 2.19 bits per heavy atom. The van der Waals surface area contributed by atoms with E-state index < -0.39 is 0 Å². The zero-order valence-electron chi connectivity index (χ0n) is 11.8. The van der Waals surface area contributed by atoms with E-state index in [1.54, 1.807) is 18.2 Å². The summed E-state index contributed by atoms with van der Waals surface area (Å²) in [5.41, 5.74) is 0.429. The van der Waals surface area contributed by atoms with Crippen LogP contribution in [0.25, 0.3) is 0 Å². The maximum absolute atomic E-state index is 12.3. The molecule has 0 aliphatic carbocycles. The quantitative estimate of drug-likeness (QED) is 0.907. The molecule has 4 nitrogen and oxygen atoms in total. The smallest absolute Gasteiger partial charge is 0.253 e. The van der Waals surface area contributed by atoms with Gasteiger partial charge in [0.1, 0.15) is 0 Å². The molecule has 2 aliphatic rings. The van der Waals surface area contributed by atoms with Gasteiger partial charge in [0.05, 0.1) is 28.3 Å². The number of hydrogen-bond donors (Lipinski definition) is 1. The number of rotatable bonds is 2. The average Bonchev–Trinajstić information content (AvgIpc) is 2.83. The maximum atomic E-state index is 12.3. The van der Waals surface area contributed by atoms with Crippen LogP contribution in [0.1, 0.15) is 23.7 Å². The number of morpholine rings is 1. The largest absolute Gasteiger partial charge is 0.376 e. The van der Waals surface area contributed by atoms with Crippen LogP contribution in [-0.2, 0) is 4.74 Å². The number of amides is 1. The van der Waals surface area contributed by atoms with E-state index >= 15 is 0 Å². The summed E-state index contributed by atoms with van der Waals surface area (Å²) in [7, 11) is 0. The molecule has 2 heterocycles. The first kappa shape index (κ1) is 15.1. The van der Waals surface area contributed by atoms with Gasteiger partial charge in [-0.2, -0.15) is 0 Å². The van der Waals surface area contributed by atoms with Crippen LogP contribution in [0, 0.1) is 0 Å². The van der Waals surface area contributed by atoms with E-state index in [-0.39, 0.29) is 18.1 Å². The molecule has 2 saturated heterocycles. The number of carbonyl (C=O) groups is 1. The molecule has 1 aromatic carbocycles. The normalized spacial score (nSPS) is 29.2. The highest BCUT2D eigenvalue weighted by molar-refractivity contribution is 6.43. The van der Waals surface area contributed by atoms with Crippen LogP contribution in [0.5, 0.6) is 0 Å². The van der Waals surface area contributed by atoms with Crippen LogP contribution in [0.2, 0.25) is 10.0 Å². The van der Waals surface area contributed by atoms with Crippen molar-refractivity contribution in [1.29, 1.82) is 0 Å². The Morgan fingerprint density at radius 3 is 3.00 bits per heavy atom. The maximum Gasteiger partial charge on any atom is 0.253 e. The summed E-state index contributed by atoms with van der Waals surface area (Å²) >= 11 is 12.0. The molecule has 2 aliphatic heterocycles. The zero-order chi connectivity index (χ0) is 15.0. The number of halogens is 2. The van der Waals surface area contributed by atoms with Crippen molar-refractivity contribution in [2.75, 3.05) is 19.7 Å². The molecule has 21 heavy (non-hydrogen) atoms. The van der Waals surface area contributed by atoms with Gasteiger partial charge in [0.15, 0.2) is 0 Å². The average molecular weight is 329 g/mol. The van der Waals surface area contributed by atoms with Gasteiger partial charge in [-0.3, -0.25) is 9.69 Å². The van der Waals surface area contributed by atoms with Gasteiger partial charge in [0.2, 0.25) is 0 Å². The molecular weight excluding hydrogens is 311 g/mol. The fourth-order valence-electron chi connectivity index (χ4n) is 3.09. The molecule has 0 spiro atoms. The number of carbonyl (C=O) groups excluding carboxylic acids is 1. The third-order valence-corrected chi connectivity index (χ3v) is 4.94. The number of ether oxygens (including phenoxy) is 1. The number of nitrogens with one attached hydrogen (secondary N) is 1. The molecule has 114 valence electrons. The van der Waals surface area contributed by atoms with Gasteiger partial charge in [-0.25, -0.2) is 0 Å². The first-order chi connectivity index (χ1) is 10.0. The van der Waals surface area contributed by atoms with Crippen molar-refractivity contribution >= 4 is 29.1 Å². The van der Waals surface area contributed by atoms with Crippen molar-refractivity contribution in [3.05, 3.63) is 33.8 Å². The van der Waals surface area contributed by atoms with Gasteiger partial charge >= 0.3 is 0 Å². The Morgan fingerprint density at radius 1 is 1.38 bits per heavy atom. The lowest BCUT2D eigenvalue weighted by Crippen LogP contribution is -2.45. The van der Waals surface area contributed by atoms with Gasteiger partial charge in [-0.05, 0) is 25.5 Å². The lowest BCUT2D eigenvalue weighted by molar-refractivity contribution is -0.0390. The molecule has 6 heteroatoms. The summed E-state index contributed by atoms with van der Waals surface area (Å²) in [6.45, 7) is 4.61. The minimum absolute atomic E-state index is 0.131. The van der Waals surface area contributed by atoms with E-state index in [9.17, 15) is 4.79 Å². The van der Waals surface area contributed by atoms with Crippen LogP contribution in [0.15, 0.2) is 18.2 Å². The predicted octanol–water partition coefficient (Wildman–Crippen LogP) is 2.58. The summed E-state index contributed by atoms with van der Waals surface area (Å²) in [4.78, 5) is 14.7. The number of hydrogen-bond acceptors (Lipinski definition) is 3. The fraction of sp³-hybridized carbons (Fsp3) is 0.533. The van der Waals surface area contributed by atoms with E-state index in [0.717, 1.165) is 26.1 Å². The number of nitrogens with zero attached hydrogens (tertiary/aromatic N) is 1. The SMILES string of the molecule is C[C@@H]1CN2C[C@H](NC(=O)c3cccc(Cl)c3Cl)C[C@H]2CO1. The number of benzene rings is 1. The molecule has 1 amide bonds. The Hall–Kier alpha value is -0.810. The van der Waals surface area contributed by atoms with Crippen molar-refractivity contribution in [3.8, 4) is 0 Å². The fourth-order valence-corrected chi connectivity index (χ4v) is 3.47. The molecule has 3 rings (SSSR count). The molecule has 1 N–H and O–H groups in total. The first-order valence-corrected chi connectivity index (χ1v) is 7.90. The molecule has 0 unspecified atom stereocenters. The highest BCUT2D eigenvalue weighted by atomic mass is 35.5. The molecule has 0 saturated carbocycles. The van der Waals surface area contributed by atoms with E-state index in [1.807, 2.05) is 0 Å². The minimum Gasteiger partial charge on any atom is -0.376 e. The van der Waals surface area contributed by atoms with Crippen molar-refractivity contribution in [2.24, 2.45) is 0 Å². The molecule has 0 bridgehead atoms. The van der Waals surface area contributed by atoms with Gasteiger partial charge in [0, 0.05) is 25.2 Å². The molecule has 1 aromatic rings. The van der Waals surface area contributed by atoms with Crippen molar-refractivity contribution < 1.29 is 9.53 Å². The second-order valence-corrected chi connectivity index (χ2v) is 6.54. The van der Waals surface area contributed by atoms with E-state index in [4.69, 9.17) is 27.9 Å². The Balaban J connectivity index is 1.65. The Labute approximate surface area is 134 Å². The van der Waals surface area contributed by atoms with Crippen molar-refractivity contribution in [1.82, 2.24) is 10.2 Å². The van der Waals surface area contributed by atoms with Gasteiger partial charge < -0.3 is 10.1 Å². The molecule has 2 fully saturated rings. The van der Waals surface area contributed by atoms with Crippen LogP contribution in [-0.4, -0.2) is 48.7 Å². The molecule has 0 radical (unpaired) electrons. The molecular formula is C15H18Cl2N2O2. The third kappa shape index (κ3) is 3.19. The standard InChI is InChI=1S/C15H18Cl2N2O2/c1-9-6-19-7-10(5-11(19)8-21-9)18-15(20)12-3-2-4-13(16)14(12)17/h2-4,9-11H,5-8H2,1H3,(H,18,20)/t9-,10-,11+/m1/s1. The summed E-state index contributed by atoms with van der Waals surface area (Å²) in [5, 5.41) is 3.76. The van der Waals surface area contributed by atoms with Crippen LogP contribution in [0.4, 0.5) is 0 Å². The topological polar surface area (TPSA) is 41.6 Å². The van der Waals surface area contributed by atoms with E-state index in [2.05, 4.69) is 17.1 Å². The molecule has 3 atom stereocenters.